The molecular formula is C18H17N3O4. The summed E-state index contributed by atoms with van der Waals surface area (Å²) in [5, 5.41) is 18.9. The Kier molecular flexibility index (Phi) is 4.47. The summed E-state index contributed by atoms with van der Waals surface area (Å²) in [5.74, 6) is -1.93. The van der Waals surface area contributed by atoms with Gasteiger partial charge in [-0.05, 0) is 22.4 Å². The average Bonchev–Trinajstić information content (AvgIpc) is 2.61. The number of amides is 2. The molecule has 2 aromatic rings. The van der Waals surface area contributed by atoms with Crippen LogP contribution in [0.4, 0.5) is 0 Å². The predicted molar refractivity (Wildman–Crippen MR) is 91.9 cm³/mol. The Hall–Kier alpha value is -3.22. The minimum absolute atomic E-state index is 0.147. The van der Waals surface area contributed by atoms with Crippen molar-refractivity contribution in [2.75, 3.05) is 7.05 Å². The fourth-order valence-corrected chi connectivity index (χ4v) is 2.72. The Bertz CT molecular complexity index is 891. The smallest absolute Gasteiger partial charge is 0.330 e. The summed E-state index contributed by atoms with van der Waals surface area (Å²) in [6.45, 7) is 0. The number of fused-ring (bicyclic) bond motifs is 1. The highest BCUT2D eigenvalue weighted by Gasteiger charge is 2.27. The van der Waals surface area contributed by atoms with Crippen molar-refractivity contribution in [2.24, 2.45) is 5.10 Å². The summed E-state index contributed by atoms with van der Waals surface area (Å²) in [6.07, 6.45) is 0.371. The molecule has 7 nitrogen and oxygen atoms in total. The maximum atomic E-state index is 12.4. The number of carbonyl (C=O) groups excluding carboxylic acids is 2. The first-order valence-corrected chi connectivity index (χ1v) is 7.82. The first-order chi connectivity index (χ1) is 12.0. The first-order valence-electron chi connectivity index (χ1n) is 7.82. The van der Waals surface area contributed by atoms with Crippen LogP contribution in [0, 0.1) is 0 Å². The van der Waals surface area contributed by atoms with Gasteiger partial charge >= 0.3 is 5.97 Å². The van der Waals surface area contributed by atoms with E-state index in [1.807, 2.05) is 30.3 Å². The Morgan fingerprint density at radius 3 is 2.56 bits per heavy atom. The average molecular weight is 339 g/mol. The quantitative estimate of drug-likeness (QED) is 0.885. The van der Waals surface area contributed by atoms with Gasteiger partial charge in [0.05, 0.1) is 0 Å². The molecule has 0 saturated carbocycles. The van der Waals surface area contributed by atoms with Crippen LogP contribution in [0.25, 0.3) is 10.8 Å². The fourth-order valence-electron chi connectivity index (χ4n) is 2.72. The van der Waals surface area contributed by atoms with E-state index in [1.54, 1.807) is 12.1 Å². The van der Waals surface area contributed by atoms with Crippen molar-refractivity contribution in [3.8, 4) is 0 Å². The molecular weight excluding hydrogens is 322 g/mol. The van der Waals surface area contributed by atoms with Crippen molar-refractivity contribution >= 4 is 34.3 Å². The maximum Gasteiger partial charge on any atom is 0.330 e. The second kappa shape index (κ2) is 6.72. The molecule has 2 amide bonds. The molecule has 128 valence electrons. The number of benzene rings is 2. The van der Waals surface area contributed by atoms with Crippen LogP contribution in [0.3, 0.4) is 0 Å². The van der Waals surface area contributed by atoms with E-state index in [1.165, 1.54) is 7.05 Å². The topological polar surface area (TPSA) is 99.1 Å². The van der Waals surface area contributed by atoms with Gasteiger partial charge in [-0.1, -0.05) is 36.4 Å². The van der Waals surface area contributed by atoms with Crippen molar-refractivity contribution in [1.82, 2.24) is 10.3 Å². The van der Waals surface area contributed by atoms with Gasteiger partial charge in [-0.15, -0.1) is 0 Å². The maximum absolute atomic E-state index is 12.4. The summed E-state index contributed by atoms with van der Waals surface area (Å²) in [7, 11) is 1.47. The molecule has 0 radical (unpaired) electrons. The van der Waals surface area contributed by atoms with E-state index < -0.39 is 17.9 Å². The molecule has 0 saturated heterocycles. The zero-order valence-electron chi connectivity index (χ0n) is 13.6. The molecule has 0 aliphatic carbocycles. The lowest BCUT2D eigenvalue weighted by Gasteiger charge is -2.21. The number of hydrogen-bond donors (Lipinski definition) is 2. The van der Waals surface area contributed by atoms with Gasteiger partial charge in [0.15, 0.2) is 6.04 Å². The summed E-state index contributed by atoms with van der Waals surface area (Å²) >= 11 is 0. The number of aliphatic carboxylic acids is 1. The highest BCUT2D eigenvalue weighted by Crippen LogP contribution is 2.21. The van der Waals surface area contributed by atoms with Crippen LogP contribution < -0.4 is 5.32 Å². The van der Waals surface area contributed by atoms with E-state index in [0.29, 0.717) is 5.56 Å². The molecule has 1 aliphatic rings. The Morgan fingerprint density at radius 1 is 1.16 bits per heavy atom. The van der Waals surface area contributed by atoms with Crippen molar-refractivity contribution in [1.29, 1.82) is 0 Å². The van der Waals surface area contributed by atoms with Crippen LogP contribution in [0.2, 0.25) is 0 Å². The van der Waals surface area contributed by atoms with Gasteiger partial charge in [-0.2, -0.15) is 5.10 Å². The summed E-state index contributed by atoms with van der Waals surface area (Å²) in [6, 6.07) is 11.6. The molecule has 1 heterocycles. The monoisotopic (exact) mass is 339 g/mol. The fraction of sp³-hybridized carbons (Fsp3) is 0.222. The third-order valence-corrected chi connectivity index (χ3v) is 4.10. The Labute approximate surface area is 143 Å². The summed E-state index contributed by atoms with van der Waals surface area (Å²) < 4.78 is 0. The number of hydrazone groups is 1. The normalized spacial score (nSPS) is 15.6. The van der Waals surface area contributed by atoms with Gasteiger partial charge in [0.2, 0.25) is 5.91 Å². The van der Waals surface area contributed by atoms with Crippen LogP contribution in [-0.2, 0) is 14.4 Å². The molecule has 1 unspecified atom stereocenters. The number of carbonyl (C=O) groups is 3. The third-order valence-electron chi connectivity index (χ3n) is 4.10. The third kappa shape index (κ3) is 3.50. The van der Waals surface area contributed by atoms with Gasteiger partial charge in [0.1, 0.15) is 5.71 Å². The zero-order chi connectivity index (χ0) is 18.0. The van der Waals surface area contributed by atoms with Crippen LogP contribution in [0.15, 0.2) is 47.6 Å². The number of carboxylic acid groups (broad SMARTS) is 1. The SMILES string of the molecule is CN1N=C(C(=O)NC(C(=O)O)c2ccc3ccccc3c2)CCC1=O. The highest BCUT2D eigenvalue weighted by atomic mass is 16.4. The molecule has 3 rings (SSSR count). The molecule has 7 heteroatoms. The van der Waals surface area contributed by atoms with Crippen molar-refractivity contribution in [3.63, 3.8) is 0 Å². The Balaban J connectivity index is 1.86. The van der Waals surface area contributed by atoms with E-state index in [2.05, 4.69) is 10.4 Å². The molecule has 0 spiro atoms. The van der Waals surface area contributed by atoms with Crippen LogP contribution >= 0.6 is 0 Å². The molecule has 0 fully saturated rings. The minimum atomic E-state index is -1.19. The van der Waals surface area contributed by atoms with Crippen molar-refractivity contribution < 1.29 is 19.5 Å². The lowest BCUT2D eigenvalue weighted by atomic mass is 10.0. The van der Waals surface area contributed by atoms with E-state index >= 15 is 0 Å². The number of nitrogens with one attached hydrogen (secondary N) is 1. The van der Waals surface area contributed by atoms with E-state index in [0.717, 1.165) is 15.8 Å². The standard InChI is InChI=1S/C18H17N3O4/c1-21-15(22)9-8-14(20-21)17(23)19-16(18(24)25)13-7-6-11-4-2-3-5-12(11)10-13/h2-7,10,16H,8-9H2,1H3,(H,19,23)(H,24,25). The van der Waals surface area contributed by atoms with Crippen LogP contribution in [0.1, 0.15) is 24.4 Å². The minimum Gasteiger partial charge on any atom is -0.479 e. The van der Waals surface area contributed by atoms with Gasteiger partial charge < -0.3 is 10.4 Å². The van der Waals surface area contributed by atoms with Gasteiger partial charge in [0.25, 0.3) is 5.91 Å². The van der Waals surface area contributed by atoms with Gasteiger partial charge in [-0.25, -0.2) is 9.80 Å². The van der Waals surface area contributed by atoms with Crippen molar-refractivity contribution in [2.45, 2.75) is 18.9 Å². The van der Waals surface area contributed by atoms with Gasteiger partial charge in [-0.3, -0.25) is 9.59 Å². The number of hydrogen-bond acceptors (Lipinski definition) is 4. The lowest BCUT2D eigenvalue weighted by Crippen LogP contribution is -2.41. The van der Waals surface area contributed by atoms with Crippen LogP contribution in [-0.4, -0.2) is 40.7 Å². The highest BCUT2D eigenvalue weighted by molar-refractivity contribution is 6.39. The lowest BCUT2D eigenvalue weighted by molar-refractivity contribution is -0.141. The molecule has 0 bridgehead atoms. The molecule has 0 aromatic heterocycles. The molecule has 1 aliphatic heterocycles. The summed E-state index contributed by atoms with van der Waals surface area (Å²) in [5.41, 5.74) is 0.620. The van der Waals surface area contributed by atoms with Crippen molar-refractivity contribution in [3.05, 3.63) is 48.0 Å². The molecule has 25 heavy (non-hydrogen) atoms. The number of rotatable bonds is 4. The second-order valence-corrected chi connectivity index (χ2v) is 5.82. The zero-order valence-corrected chi connectivity index (χ0v) is 13.6. The Morgan fingerprint density at radius 2 is 1.88 bits per heavy atom. The largest absolute Gasteiger partial charge is 0.479 e. The first kappa shape index (κ1) is 16.6. The molecule has 1 atom stereocenters. The van der Waals surface area contributed by atoms with E-state index in [4.69, 9.17) is 0 Å². The van der Waals surface area contributed by atoms with E-state index in [9.17, 15) is 19.5 Å². The molecule has 2 N–H and O–H groups in total. The van der Waals surface area contributed by atoms with Gasteiger partial charge in [0, 0.05) is 19.9 Å². The summed E-state index contributed by atoms with van der Waals surface area (Å²) in [4.78, 5) is 35.4. The van der Waals surface area contributed by atoms with Crippen LogP contribution in [0.5, 0.6) is 0 Å². The molecule has 2 aromatic carbocycles. The second-order valence-electron chi connectivity index (χ2n) is 5.82. The number of nitrogens with zero attached hydrogens (tertiary/aromatic N) is 2. The van der Waals surface area contributed by atoms with E-state index in [-0.39, 0.29) is 24.5 Å². The predicted octanol–water partition coefficient (Wildman–Crippen LogP) is 1.69. The number of carboxylic acids is 1.